The standard InChI is InChI=1S/C23H18BrCl2N5O3S2/c1-35-8-6-28-22(32)15-9-13(25)10-16(24)20(15)29-23(33)18-11-19(34-14-4-7-36-12-14)30-31(18)21-17(26)3-2-5-27-21/h2-5,7,9-12H,6,8H2,1H3,(H,28,32)(H,29,33). The molecule has 0 bridgehead atoms. The summed E-state index contributed by atoms with van der Waals surface area (Å²) in [5, 5.41) is 14.3. The van der Waals surface area contributed by atoms with Crippen LogP contribution in [0.1, 0.15) is 20.8 Å². The SMILES string of the molecule is CSCCNC(=O)c1cc(Cl)cc(Br)c1NC(=O)c1cc(Oc2ccsc2)nn1-c1ncccc1Cl. The van der Waals surface area contributed by atoms with Crippen molar-refractivity contribution in [3.05, 3.63) is 79.1 Å². The fraction of sp³-hybridized carbons (Fsp3) is 0.130. The number of anilines is 1. The summed E-state index contributed by atoms with van der Waals surface area (Å²) in [4.78, 5) is 30.7. The second-order valence-corrected chi connectivity index (χ2v) is 10.6. The Morgan fingerprint density at radius 3 is 2.78 bits per heavy atom. The smallest absolute Gasteiger partial charge is 0.274 e. The molecule has 4 aromatic rings. The van der Waals surface area contributed by atoms with Gasteiger partial charge in [-0.2, -0.15) is 11.8 Å². The van der Waals surface area contributed by atoms with Gasteiger partial charge in [0.2, 0.25) is 5.88 Å². The number of aromatic nitrogens is 3. The van der Waals surface area contributed by atoms with Crippen LogP contribution >= 0.6 is 62.2 Å². The van der Waals surface area contributed by atoms with Crippen LogP contribution in [0.15, 0.2) is 57.8 Å². The molecule has 0 aliphatic rings. The first-order valence-electron chi connectivity index (χ1n) is 10.4. The molecule has 0 aliphatic carbocycles. The first kappa shape index (κ1) is 26.5. The number of nitrogens with one attached hydrogen (secondary N) is 2. The lowest BCUT2D eigenvalue weighted by atomic mass is 10.1. The highest BCUT2D eigenvalue weighted by molar-refractivity contribution is 9.10. The molecule has 0 saturated carbocycles. The van der Waals surface area contributed by atoms with Gasteiger partial charge in [0.05, 0.1) is 16.3 Å². The van der Waals surface area contributed by atoms with Crippen molar-refractivity contribution in [2.75, 3.05) is 23.9 Å². The summed E-state index contributed by atoms with van der Waals surface area (Å²) >= 11 is 19.0. The van der Waals surface area contributed by atoms with Crippen LogP contribution in [0.2, 0.25) is 10.0 Å². The molecule has 8 nitrogen and oxygen atoms in total. The maximum Gasteiger partial charge on any atom is 0.274 e. The second kappa shape index (κ2) is 12.1. The van der Waals surface area contributed by atoms with Crippen LogP contribution < -0.4 is 15.4 Å². The van der Waals surface area contributed by atoms with Gasteiger partial charge in [-0.15, -0.1) is 16.4 Å². The number of rotatable bonds is 9. The molecule has 2 N–H and O–H groups in total. The fourth-order valence-corrected chi connectivity index (χ4v) is 5.08. The Bertz CT molecular complexity index is 1400. The number of benzene rings is 1. The Hall–Kier alpha value is -2.57. The number of amides is 2. The van der Waals surface area contributed by atoms with Gasteiger partial charge in [0.25, 0.3) is 11.8 Å². The number of nitrogens with zero attached hydrogens (tertiary/aromatic N) is 3. The maximum absolute atomic E-state index is 13.5. The molecule has 0 unspecified atom stereocenters. The van der Waals surface area contributed by atoms with Crippen LogP contribution in [0.5, 0.6) is 11.6 Å². The first-order chi connectivity index (χ1) is 17.4. The average molecular weight is 627 g/mol. The highest BCUT2D eigenvalue weighted by atomic mass is 79.9. The lowest BCUT2D eigenvalue weighted by Crippen LogP contribution is -2.27. The summed E-state index contributed by atoms with van der Waals surface area (Å²) in [6.45, 7) is 0.464. The molecule has 0 saturated heterocycles. The molecule has 0 atom stereocenters. The van der Waals surface area contributed by atoms with Gasteiger partial charge in [-0.05, 0) is 57.9 Å². The molecule has 36 heavy (non-hydrogen) atoms. The van der Waals surface area contributed by atoms with Crippen molar-refractivity contribution in [2.45, 2.75) is 0 Å². The van der Waals surface area contributed by atoms with E-state index >= 15 is 0 Å². The predicted octanol–water partition coefficient (Wildman–Crippen LogP) is 6.54. The van der Waals surface area contributed by atoms with E-state index in [1.165, 1.54) is 34.3 Å². The van der Waals surface area contributed by atoms with Gasteiger partial charge in [-0.25, -0.2) is 9.67 Å². The number of thiophene rings is 1. The molecular weight excluding hydrogens is 609 g/mol. The van der Waals surface area contributed by atoms with Crippen molar-refractivity contribution in [3.8, 4) is 17.4 Å². The predicted molar refractivity (Wildman–Crippen MR) is 149 cm³/mol. The molecule has 0 radical (unpaired) electrons. The molecule has 3 aromatic heterocycles. The van der Waals surface area contributed by atoms with Crippen LogP contribution in [0.25, 0.3) is 5.82 Å². The summed E-state index contributed by atoms with van der Waals surface area (Å²) in [7, 11) is 0. The number of carbonyl (C=O) groups excluding carboxylic acids is 2. The Morgan fingerprint density at radius 1 is 1.22 bits per heavy atom. The van der Waals surface area contributed by atoms with Crippen LogP contribution in [-0.2, 0) is 0 Å². The van der Waals surface area contributed by atoms with Crippen molar-refractivity contribution in [2.24, 2.45) is 0 Å². The third-order valence-corrected chi connectivity index (χ3v) is 7.12. The molecule has 3 heterocycles. The van der Waals surface area contributed by atoms with Crippen molar-refractivity contribution >= 4 is 79.7 Å². The van der Waals surface area contributed by atoms with Crippen LogP contribution in [0.4, 0.5) is 5.69 Å². The van der Waals surface area contributed by atoms with E-state index in [-0.39, 0.29) is 34.5 Å². The zero-order chi connectivity index (χ0) is 25.7. The van der Waals surface area contributed by atoms with Crippen LogP contribution in [0.3, 0.4) is 0 Å². The number of ether oxygens (including phenoxy) is 1. The van der Waals surface area contributed by atoms with Gasteiger partial charge >= 0.3 is 0 Å². The number of carbonyl (C=O) groups is 2. The minimum absolute atomic E-state index is 0.0939. The third kappa shape index (κ3) is 6.22. The van der Waals surface area contributed by atoms with E-state index in [2.05, 4.69) is 36.6 Å². The zero-order valence-electron chi connectivity index (χ0n) is 18.6. The zero-order valence-corrected chi connectivity index (χ0v) is 23.4. The van der Waals surface area contributed by atoms with Gasteiger partial charge in [0, 0.05) is 39.4 Å². The van der Waals surface area contributed by atoms with Crippen molar-refractivity contribution < 1.29 is 14.3 Å². The second-order valence-electron chi connectivity index (χ2n) is 7.16. The first-order valence-corrected chi connectivity index (χ1v) is 14.2. The topological polar surface area (TPSA) is 98.1 Å². The highest BCUT2D eigenvalue weighted by Gasteiger charge is 2.24. The number of pyridine rings is 1. The summed E-state index contributed by atoms with van der Waals surface area (Å²) in [6, 6.07) is 9.65. The molecule has 1 aromatic carbocycles. The van der Waals surface area contributed by atoms with E-state index in [9.17, 15) is 9.59 Å². The van der Waals surface area contributed by atoms with E-state index in [1.807, 2.05) is 11.6 Å². The minimum Gasteiger partial charge on any atom is -0.437 e. The average Bonchev–Trinajstić information content (AvgIpc) is 3.51. The number of halogens is 3. The Labute approximate surface area is 233 Å². The van der Waals surface area contributed by atoms with Gasteiger partial charge in [-0.1, -0.05) is 23.2 Å². The normalized spacial score (nSPS) is 10.8. The Balaban J connectivity index is 1.71. The molecule has 2 amide bonds. The quantitative estimate of drug-likeness (QED) is 0.205. The van der Waals surface area contributed by atoms with E-state index in [4.69, 9.17) is 27.9 Å². The van der Waals surface area contributed by atoms with Crippen molar-refractivity contribution in [3.63, 3.8) is 0 Å². The maximum atomic E-state index is 13.5. The van der Waals surface area contributed by atoms with E-state index in [0.29, 0.717) is 26.8 Å². The number of hydrogen-bond acceptors (Lipinski definition) is 7. The molecule has 186 valence electrons. The number of thioether (sulfide) groups is 1. The van der Waals surface area contributed by atoms with Crippen molar-refractivity contribution in [1.29, 1.82) is 0 Å². The molecule has 0 fully saturated rings. The molecular formula is C23H18BrCl2N5O3S2. The number of hydrogen-bond donors (Lipinski definition) is 2. The van der Waals surface area contributed by atoms with Gasteiger partial charge in [0.1, 0.15) is 11.4 Å². The van der Waals surface area contributed by atoms with Crippen molar-refractivity contribution in [1.82, 2.24) is 20.1 Å². The monoisotopic (exact) mass is 625 g/mol. The largest absolute Gasteiger partial charge is 0.437 e. The Morgan fingerprint density at radius 2 is 2.06 bits per heavy atom. The third-order valence-electron chi connectivity index (χ3n) is 4.71. The summed E-state index contributed by atoms with van der Waals surface area (Å²) in [5.41, 5.74) is 0.558. The molecule has 0 aliphatic heterocycles. The van der Waals surface area contributed by atoms with Gasteiger partial charge in [0.15, 0.2) is 5.82 Å². The van der Waals surface area contributed by atoms with Gasteiger partial charge in [-0.3, -0.25) is 9.59 Å². The summed E-state index contributed by atoms with van der Waals surface area (Å²) in [6.07, 6.45) is 3.48. The Kier molecular flexibility index (Phi) is 8.91. The minimum atomic E-state index is -0.564. The summed E-state index contributed by atoms with van der Waals surface area (Å²) < 4.78 is 7.53. The van der Waals surface area contributed by atoms with Crippen LogP contribution in [-0.4, -0.2) is 45.1 Å². The summed E-state index contributed by atoms with van der Waals surface area (Å²) in [5.74, 6) is 0.802. The highest BCUT2D eigenvalue weighted by Crippen LogP contribution is 2.32. The van der Waals surface area contributed by atoms with Gasteiger partial charge < -0.3 is 15.4 Å². The fourth-order valence-electron chi connectivity index (χ4n) is 3.12. The van der Waals surface area contributed by atoms with E-state index in [1.54, 1.807) is 41.4 Å². The van der Waals surface area contributed by atoms with E-state index in [0.717, 1.165) is 5.75 Å². The molecule has 0 spiro atoms. The lowest BCUT2D eigenvalue weighted by Gasteiger charge is -2.14. The van der Waals surface area contributed by atoms with E-state index < -0.39 is 5.91 Å². The van der Waals surface area contributed by atoms with Crippen LogP contribution in [0, 0.1) is 0 Å². The molecule has 13 heteroatoms. The molecule has 4 rings (SSSR count). The lowest BCUT2D eigenvalue weighted by molar-refractivity contribution is 0.0957.